The van der Waals surface area contributed by atoms with E-state index in [1.54, 1.807) is 0 Å². The van der Waals surface area contributed by atoms with Crippen LogP contribution in [-0.4, -0.2) is 15.4 Å². The molecule has 3 nitrogen and oxygen atoms in total. The largest absolute Gasteiger partial charge is 0.328 e. The van der Waals surface area contributed by atoms with Gasteiger partial charge in [0.05, 0.1) is 5.52 Å². The number of pyridine rings is 1. The van der Waals surface area contributed by atoms with Gasteiger partial charge in [-0.15, -0.1) is 0 Å². The number of fused-ring (bicyclic) bond motifs is 1. The predicted molar refractivity (Wildman–Crippen MR) is 66.9 cm³/mol. The maximum atomic E-state index is 6.17. The Labute approximate surface area is 100 Å². The minimum absolute atomic E-state index is 0.127. The molecule has 1 atom stereocenters. The van der Waals surface area contributed by atoms with Gasteiger partial charge in [0.2, 0.25) is 0 Å². The Morgan fingerprint density at radius 3 is 2.94 bits per heavy atom. The summed E-state index contributed by atoms with van der Waals surface area (Å²) in [4.78, 5) is 4.36. The van der Waals surface area contributed by atoms with Crippen molar-refractivity contribution in [3.63, 3.8) is 0 Å². The average Bonchev–Trinajstić information content (AvgIpc) is 2.56. The van der Waals surface area contributed by atoms with Gasteiger partial charge in [0.1, 0.15) is 5.82 Å². The Bertz CT molecular complexity index is 502. The number of hydrogen-bond acceptors (Lipinski definition) is 2. The number of rotatable bonds is 3. The molecule has 2 aromatic rings. The molecular formula is C12H16ClN3. The number of aryl methyl sites for hydroxylation is 1. The standard InChI is InChI=1S/C12H16ClN3/c1-3-10-15-12(13)11-9(7-8(2)14)5-4-6-16(10)11/h4-6,8H,3,7,14H2,1-2H3. The summed E-state index contributed by atoms with van der Waals surface area (Å²) in [6, 6.07) is 4.20. The molecular weight excluding hydrogens is 222 g/mol. The molecule has 0 fully saturated rings. The third kappa shape index (κ3) is 1.93. The van der Waals surface area contributed by atoms with E-state index in [0.29, 0.717) is 5.15 Å². The van der Waals surface area contributed by atoms with Crippen LogP contribution < -0.4 is 5.73 Å². The first kappa shape index (κ1) is 11.4. The molecule has 0 radical (unpaired) electrons. The van der Waals surface area contributed by atoms with E-state index >= 15 is 0 Å². The van der Waals surface area contributed by atoms with Crippen LogP contribution in [0.25, 0.3) is 5.52 Å². The Kier molecular flexibility index (Phi) is 3.17. The maximum absolute atomic E-state index is 6.17. The van der Waals surface area contributed by atoms with Gasteiger partial charge in [0.25, 0.3) is 0 Å². The van der Waals surface area contributed by atoms with E-state index in [9.17, 15) is 0 Å². The van der Waals surface area contributed by atoms with Crippen molar-refractivity contribution in [2.24, 2.45) is 5.73 Å². The van der Waals surface area contributed by atoms with Gasteiger partial charge < -0.3 is 10.1 Å². The van der Waals surface area contributed by atoms with Crippen molar-refractivity contribution in [3.05, 3.63) is 34.9 Å². The minimum Gasteiger partial charge on any atom is -0.328 e. The van der Waals surface area contributed by atoms with Gasteiger partial charge >= 0.3 is 0 Å². The highest BCUT2D eigenvalue weighted by atomic mass is 35.5. The fraction of sp³-hybridized carbons (Fsp3) is 0.417. The Balaban J connectivity index is 2.62. The summed E-state index contributed by atoms with van der Waals surface area (Å²) < 4.78 is 2.06. The summed E-state index contributed by atoms with van der Waals surface area (Å²) in [6.07, 6.45) is 3.69. The van der Waals surface area contributed by atoms with E-state index in [2.05, 4.69) is 22.4 Å². The van der Waals surface area contributed by atoms with Crippen LogP contribution in [0.3, 0.4) is 0 Å². The van der Waals surface area contributed by atoms with Crippen LogP contribution in [-0.2, 0) is 12.8 Å². The van der Waals surface area contributed by atoms with Crippen LogP contribution in [0.15, 0.2) is 18.3 Å². The van der Waals surface area contributed by atoms with Crippen LogP contribution >= 0.6 is 11.6 Å². The first-order valence-electron chi connectivity index (χ1n) is 5.53. The quantitative estimate of drug-likeness (QED) is 0.891. The number of hydrogen-bond donors (Lipinski definition) is 1. The van der Waals surface area contributed by atoms with Crippen molar-refractivity contribution in [1.82, 2.24) is 9.38 Å². The highest BCUT2D eigenvalue weighted by Crippen LogP contribution is 2.23. The van der Waals surface area contributed by atoms with Gasteiger partial charge in [-0.25, -0.2) is 4.98 Å². The van der Waals surface area contributed by atoms with Crippen LogP contribution in [0.5, 0.6) is 0 Å². The van der Waals surface area contributed by atoms with Crippen molar-refractivity contribution in [2.45, 2.75) is 32.7 Å². The molecule has 0 saturated heterocycles. The van der Waals surface area contributed by atoms with Crippen molar-refractivity contribution in [1.29, 1.82) is 0 Å². The van der Waals surface area contributed by atoms with Gasteiger partial charge in [-0.3, -0.25) is 0 Å². The topological polar surface area (TPSA) is 43.3 Å². The maximum Gasteiger partial charge on any atom is 0.155 e. The van der Waals surface area contributed by atoms with E-state index in [4.69, 9.17) is 17.3 Å². The lowest BCUT2D eigenvalue weighted by Gasteiger charge is -2.08. The Morgan fingerprint density at radius 2 is 2.31 bits per heavy atom. The second-order valence-corrected chi connectivity index (χ2v) is 4.46. The van der Waals surface area contributed by atoms with E-state index in [1.807, 2.05) is 19.2 Å². The SMILES string of the molecule is CCc1nc(Cl)c2c(CC(C)N)cccn12. The van der Waals surface area contributed by atoms with Gasteiger partial charge in [-0.05, 0) is 25.0 Å². The summed E-state index contributed by atoms with van der Waals surface area (Å²) in [5, 5.41) is 0.577. The number of aromatic nitrogens is 2. The lowest BCUT2D eigenvalue weighted by atomic mass is 10.1. The molecule has 2 rings (SSSR count). The fourth-order valence-corrected chi connectivity index (χ4v) is 2.29. The summed E-state index contributed by atoms with van der Waals surface area (Å²) in [5.74, 6) is 0.992. The molecule has 0 aliphatic carbocycles. The third-order valence-electron chi connectivity index (χ3n) is 2.64. The van der Waals surface area contributed by atoms with E-state index in [-0.39, 0.29) is 6.04 Å². The zero-order chi connectivity index (χ0) is 11.7. The molecule has 0 amide bonds. The number of nitrogens with zero attached hydrogens (tertiary/aromatic N) is 2. The molecule has 1 unspecified atom stereocenters. The molecule has 0 bridgehead atoms. The third-order valence-corrected chi connectivity index (χ3v) is 2.90. The molecule has 2 aromatic heterocycles. The van der Waals surface area contributed by atoms with Crippen LogP contribution in [0.2, 0.25) is 5.15 Å². The number of nitrogens with two attached hydrogens (primary N) is 1. The van der Waals surface area contributed by atoms with Crippen molar-refractivity contribution >= 4 is 17.1 Å². The molecule has 2 heterocycles. The monoisotopic (exact) mass is 237 g/mol. The summed E-state index contributed by atoms with van der Waals surface area (Å²) in [6.45, 7) is 4.07. The molecule has 16 heavy (non-hydrogen) atoms. The van der Waals surface area contributed by atoms with E-state index < -0.39 is 0 Å². The van der Waals surface area contributed by atoms with E-state index in [1.165, 1.54) is 0 Å². The molecule has 0 aromatic carbocycles. The minimum atomic E-state index is 0.127. The predicted octanol–water partition coefficient (Wildman–Crippen LogP) is 2.44. The zero-order valence-corrected chi connectivity index (χ0v) is 10.3. The van der Waals surface area contributed by atoms with Crippen LogP contribution in [0, 0.1) is 0 Å². The van der Waals surface area contributed by atoms with Gasteiger partial charge in [0.15, 0.2) is 5.15 Å². The average molecular weight is 238 g/mol. The molecule has 0 aliphatic heterocycles. The molecule has 86 valence electrons. The van der Waals surface area contributed by atoms with Gasteiger partial charge in [0, 0.05) is 18.7 Å². The number of halogens is 1. The highest BCUT2D eigenvalue weighted by Gasteiger charge is 2.12. The van der Waals surface area contributed by atoms with Crippen molar-refractivity contribution < 1.29 is 0 Å². The first-order chi connectivity index (χ1) is 7.63. The molecule has 0 spiro atoms. The smallest absolute Gasteiger partial charge is 0.155 e. The van der Waals surface area contributed by atoms with Crippen molar-refractivity contribution in [3.8, 4) is 0 Å². The Morgan fingerprint density at radius 1 is 1.56 bits per heavy atom. The summed E-state index contributed by atoms with van der Waals surface area (Å²) in [7, 11) is 0. The van der Waals surface area contributed by atoms with Gasteiger partial charge in [-0.2, -0.15) is 0 Å². The normalized spacial score (nSPS) is 13.2. The zero-order valence-electron chi connectivity index (χ0n) is 9.57. The molecule has 2 N–H and O–H groups in total. The van der Waals surface area contributed by atoms with Gasteiger partial charge in [-0.1, -0.05) is 24.6 Å². The highest BCUT2D eigenvalue weighted by molar-refractivity contribution is 6.32. The fourth-order valence-electron chi connectivity index (χ4n) is 1.98. The number of imidazole rings is 1. The molecule has 4 heteroatoms. The van der Waals surface area contributed by atoms with E-state index in [0.717, 1.165) is 29.7 Å². The Hall–Kier alpha value is -1.06. The molecule has 0 saturated carbocycles. The van der Waals surface area contributed by atoms with Crippen molar-refractivity contribution in [2.75, 3.05) is 0 Å². The van der Waals surface area contributed by atoms with Crippen LogP contribution in [0.4, 0.5) is 0 Å². The lowest BCUT2D eigenvalue weighted by Crippen LogP contribution is -2.18. The lowest BCUT2D eigenvalue weighted by molar-refractivity contribution is 0.738. The summed E-state index contributed by atoms with van der Waals surface area (Å²) in [5.41, 5.74) is 7.99. The second-order valence-electron chi connectivity index (χ2n) is 4.11. The summed E-state index contributed by atoms with van der Waals surface area (Å²) >= 11 is 6.17. The molecule has 0 aliphatic rings. The first-order valence-corrected chi connectivity index (χ1v) is 5.91. The second kappa shape index (κ2) is 4.44. The van der Waals surface area contributed by atoms with Crippen LogP contribution in [0.1, 0.15) is 25.2 Å².